The van der Waals surface area contributed by atoms with E-state index >= 15 is 0 Å². The number of hydrogen-bond donors (Lipinski definition) is 2. The van der Waals surface area contributed by atoms with Crippen molar-refractivity contribution in [3.8, 4) is 74.4 Å². The first kappa shape index (κ1) is 80.0. The number of benzene rings is 11. The molecule has 0 saturated heterocycles. The highest BCUT2D eigenvalue weighted by Gasteiger charge is 2.26. The summed E-state index contributed by atoms with van der Waals surface area (Å²) in [6, 6.07) is 81.2. The molecule has 0 aliphatic heterocycles. The lowest BCUT2D eigenvalue weighted by molar-refractivity contribution is 0.0860. The predicted octanol–water partition coefficient (Wildman–Crippen LogP) is 18.7. The van der Waals surface area contributed by atoms with E-state index in [1.807, 2.05) is 209 Å². The summed E-state index contributed by atoms with van der Waals surface area (Å²) in [7, 11) is 0. The summed E-state index contributed by atoms with van der Waals surface area (Å²) in [5.74, 6) is 3.35. The van der Waals surface area contributed by atoms with Gasteiger partial charge < -0.3 is 71.6 Å². The van der Waals surface area contributed by atoms with Crippen molar-refractivity contribution in [2.75, 3.05) is 65.9 Å². The summed E-state index contributed by atoms with van der Waals surface area (Å²) in [5.41, 5.74) is 9.67. The number of hydrogen-bond acceptors (Lipinski definition) is 17. The standard InChI is InChI=1S/C96H92N2O17/c1-66-55-83(112-64-72-29-17-9-18-30-72)87-85(56-66)114-92(77-39-44-81(110-62-70-25-13-7-14-26-70)82(58-77)111-63-71-27-15-8-16-28-71)94(89(87)99)108-54-52-104-50-46-98-96(102)75-37-42-79(43-38-75)106-48-22-5-4-21-47-105-78-40-35-74(36-41-78)95(101)97-45-49-103-51-53-107-93-90(100)88-84(113-65-73-31-19-10-20-32-73)59-80(109-61-69-23-11-6-12-24-69)60-86(88)115-91(93)76-34-33-67(2)68(3)57-76/h6-20,23-44,55-60H,4-5,21-22,45-54,61-65H2,1-3H3,(H,97,101)(H,98,102). The van der Waals surface area contributed by atoms with Crippen LogP contribution in [-0.4, -0.2) is 77.8 Å². The molecule has 2 heterocycles. The smallest absolute Gasteiger partial charge is 0.251 e. The maximum absolute atomic E-state index is 14.9. The van der Waals surface area contributed by atoms with Gasteiger partial charge in [0.2, 0.25) is 22.4 Å². The topological polar surface area (TPSA) is 220 Å². The van der Waals surface area contributed by atoms with Gasteiger partial charge in [-0.15, -0.1) is 0 Å². The Hall–Kier alpha value is -13.1. The van der Waals surface area contributed by atoms with Crippen molar-refractivity contribution in [1.29, 1.82) is 0 Å². The van der Waals surface area contributed by atoms with Crippen LogP contribution in [0.4, 0.5) is 0 Å². The van der Waals surface area contributed by atoms with Gasteiger partial charge in [0.1, 0.15) is 96.9 Å². The van der Waals surface area contributed by atoms with E-state index in [-0.39, 0.29) is 124 Å². The molecule has 115 heavy (non-hydrogen) atoms. The lowest BCUT2D eigenvalue weighted by Crippen LogP contribution is -2.27. The quantitative estimate of drug-likeness (QED) is 0.0340. The van der Waals surface area contributed by atoms with Crippen molar-refractivity contribution >= 4 is 33.8 Å². The maximum atomic E-state index is 14.9. The van der Waals surface area contributed by atoms with Crippen LogP contribution in [0.5, 0.6) is 51.7 Å². The van der Waals surface area contributed by atoms with Gasteiger partial charge in [0, 0.05) is 47.5 Å². The van der Waals surface area contributed by atoms with Crippen LogP contribution in [0.25, 0.3) is 44.6 Å². The molecule has 0 atom stereocenters. The molecule has 13 rings (SSSR count). The van der Waals surface area contributed by atoms with Crippen molar-refractivity contribution in [1.82, 2.24) is 10.6 Å². The normalized spacial score (nSPS) is 11.1. The molecule has 0 aliphatic rings. The molecular weight excluding hydrogens is 1450 g/mol. The number of nitrogens with one attached hydrogen (secondary N) is 2. The van der Waals surface area contributed by atoms with Crippen molar-refractivity contribution in [3.05, 3.63) is 337 Å². The van der Waals surface area contributed by atoms with E-state index in [2.05, 4.69) is 10.6 Å². The number of amides is 2. The van der Waals surface area contributed by atoms with Gasteiger partial charge in [-0.2, -0.15) is 0 Å². The number of carbonyl (C=O) groups excluding carboxylic acids is 2. The Morgan fingerprint density at radius 1 is 0.313 bits per heavy atom. The van der Waals surface area contributed by atoms with E-state index in [1.54, 1.807) is 72.8 Å². The molecule has 2 aromatic heterocycles. The Bertz CT molecular complexity index is 5450. The van der Waals surface area contributed by atoms with Gasteiger partial charge in [-0.1, -0.05) is 164 Å². The van der Waals surface area contributed by atoms with E-state index in [0.29, 0.717) is 94.5 Å². The number of ether oxygens (including phenoxy) is 11. The molecule has 2 N–H and O–H groups in total. The zero-order valence-electron chi connectivity index (χ0n) is 64.7. The summed E-state index contributed by atoms with van der Waals surface area (Å²) in [6.45, 7) is 9.36. The lowest BCUT2D eigenvalue weighted by atomic mass is 10.0. The molecule has 2 amide bonds. The Balaban J connectivity index is 0.518. The van der Waals surface area contributed by atoms with Crippen molar-refractivity contribution < 1.29 is 70.5 Å². The van der Waals surface area contributed by atoms with Gasteiger partial charge in [0.25, 0.3) is 11.8 Å². The molecule has 0 radical (unpaired) electrons. The molecule has 19 nitrogen and oxygen atoms in total. The first-order valence-corrected chi connectivity index (χ1v) is 38.7. The number of rotatable bonds is 42. The fourth-order valence-electron chi connectivity index (χ4n) is 12.7. The third-order valence-corrected chi connectivity index (χ3v) is 18.9. The third kappa shape index (κ3) is 22.6. The zero-order valence-corrected chi connectivity index (χ0v) is 64.7. The molecule has 0 spiro atoms. The molecule has 0 fully saturated rings. The monoisotopic (exact) mass is 1540 g/mol. The number of unbranched alkanes of at least 4 members (excludes halogenated alkanes) is 3. The predicted molar refractivity (Wildman–Crippen MR) is 444 cm³/mol. The highest BCUT2D eigenvalue weighted by Crippen LogP contribution is 2.41. The van der Waals surface area contributed by atoms with Crippen molar-refractivity contribution in [2.24, 2.45) is 0 Å². The fraction of sp³-hybridized carbons (Fsp3) is 0.229. The molecule has 0 unspecified atom stereocenters. The Kier molecular flexibility index (Phi) is 28.4. The van der Waals surface area contributed by atoms with Gasteiger partial charge in [0.15, 0.2) is 23.0 Å². The van der Waals surface area contributed by atoms with Crippen LogP contribution in [0.2, 0.25) is 0 Å². The van der Waals surface area contributed by atoms with E-state index in [1.165, 1.54) is 0 Å². The maximum Gasteiger partial charge on any atom is 0.251 e. The molecule has 11 aromatic carbocycles. The second-order valence-corrected chi connectivity index (χ2v) is 27.5. The molecule has 588 valence electrons. The minimum atomic E-state index is -0.419. The molecule has 0 bridgehead atoms. The van der Waals surface area contributed by atoms with Crippen molar-refractivity contribution in [3.63, 3.8) is 0 Å². The minimum Gasteiger partial charge on any atom is -0.494 e. The molecule has 0 saturated carbocycles. The molecule has 13 aromatic rings. The van der Waals surface area contributed by atoms with E-state index in [9.17, 15) is 19.2 Å². The Morgan fingerprint density at radius 2 is 0.713 bits per heavy atom. The largest absolute Gasteiger partial charge is 0.494 e. The number of fused-ring (bicyclic) bond motifs is 2. The molecule has 0 aliphatic carbocycles. The lowest BCUT2D eigenvalue weighted by Gasteiger charge is -2.17. The van der Waals surface area contributed by atoms with Crippen LogP contribution < -0.4 is 64.1 Å². The highest BCUT2D eigenvalue weighted by molar-refractivity contribution is 5.95. The van der Waals surface area contributed by atoms with Gasteiger partial charge in [0.05, 0.1) is 39.6 Å². The van der Waals surface area contributed by atoms with Crippen LogP contribution in [-0.2, 0) is 42.5 Å². The summed E-state index contributed by atoms with van der Waals surface area (Å²) in [6.07, 6.45) is 3.54. The van der Waals surface area contributed by atoms with Crippen LogP contribution in [0.15, 0.2) is 279 Å². The Morgan fingerprint density at radius 3 is 1.17 bits per heavy atom. The summed E-state index contributed by atoms with van der Waals surface area (Å²) in [5, 5.41) is 6.27. The van der Waals surface area contributed by atoms with Gasteiger partial charge in [-0.3, -0.25) is 19.2 Å². The summed E-state index contributed by atoms with van der Waals surface area (Å²) in [4.78, 5) is 55.9. The third-order valence-electron chi connectivity index (χ3n) is 18.9. The summed E-state index contributed by atoms with van der Waals surface area (Å²) < 4.78 is 81.4. The van der Waals surface area contributed by atoms with Crippen LogP contribution in [0.1, 0.15) is 90.9 Å². The zero-order chi connectivity index (χ0) is 79.3. The van der Waals surface area contributed by atoms with Crippen LogP contribution in [0.3, 0.4) is 0 Å². The van der Waals surface area contributed by atoms with Gasteiger partial charge >= 0.3 is 0 Å². The van der Waals surface area contributed by atoms with Gasteiger partial charge in [-0.05, 0) is 176 Å². The van der Waals surface area contributed by atoms with E-state index in [4.69, 9.17) is 60.9 Å². The molecule has 19 heteroatoms. The van der Waals surface area contributed by atoms with E-state index < -0.39 is 10.9 Å². The minimum absolute atomic E-state index is 0.0145. The highest BCUT2D eigenvalue weighted by atomic mass is 16.5. The van der Waals surface area contributed by atoms with Crippen LogP contribution >= 0.6 is 0 Å². The average molecular weight is 1550 g/mol. The van der Waals surface area contributed by atoms with Crippen molar-refractivity contribution in [2.45, 2.75) is 79.5 Å². The second kappa shape index (κ2) is 40.9. The average Bonchev–Trinajstić information content (AvgIpc) is 0.761. The SMILES string of the molecule is Cc1cc(OCc2ccccc2)c2c(=O)c(OCCOCCNC(=O)c3ccc(OCCCCCCOc4ccc(C(=O)NCCOCCOc5c(-c6ccc(C)c(C)c6)oc6cc(OCc7ccccc7)cc(OCc7ccccc7)c6c5=O)cc4)cc3)c(-c3ccc(OCc4ccccc4)c(OCc4ccccc4)c3)oc2c1. The summed E-state index contributed by atoms with van der Waals surface area (Å²) >= 11 is 0. The first-order chi connectivity index (χ1) is 56.4. The second-order valence-electron chi connectivity index (χ2n) is 27.5. The Labute approximate surface area is 668 Å². The number of carbonyl (C=O) groups is 2. The first-order valence-electron chi connectivity index (χ1n) is 38.7. The fourth-order valence-corrected chi connectivity index (χ4v) is 12.7. The van der Waals surface area contributed by atoms with Gasteiger partial charge in [-0.25, -0.2) is 0 Å². The number of aryl methyl sites for hydroxylation is 3. The van der Waals surface area contributed by atoms with Crippen LogP contribution in [0, 0.1) is 20.8 Å². The molecular formula is C96H92N2O17. The van der Waals surface area contributed by atoms with E-state index in [0.717, 1.165) is 70.2 Å².